The summed E-state index contributed by atoms with van der Waals surface area (Å²) in [6, 6.07) is 10.8. The van der Waals surface area contributed by atoms with E-state index in [0.29, 0.717) is 12.6 Å². The topological polar surface area (TPSA) is 52.6 Å². The third kappa shape index (κ3) is 4.13. The molecule has 0 aromatic heterocycles. The van der Waals surface area contributed by atoms with E-state index in [2.05, 4.69) is 34.5 Å². The van der Waals surface area contributed by atoms with Crippen molar-refractivity contribution >= 4 is 5.97 Å². The Hall–Kier alpha value is -1.39. The number of aliphatic carboxylic acids is 1. The molecule has 0 spiro atoms. The summed E-state index contributed by atoms with van der Waals surface area (Å²) >= 11 is 0. The highest BCUT2D eigenvalue weighted by atomic mass is 16.4. The Bertz CT molecular complexity index is 381. The molecule has 4 nitrogen and oxygen atoms in total. The highest BCUT2D eigenvalue weighted by Crippen LogP contribution is 2.07. The van der Waals surface area contributed by atoms with Gasteiger partial charge >= 0.3 is 5.97 Å². The lowest BCUT2D eigenvalue weighted by Gasteiger charge is -2.33. The van der Waals surface area contributed by atoms with Crippen LogP contribution in [0.2, 0.25) is 0 Å². The van der Waals surface area contributed by atoms with Crippen LogP contribution in [0, 0.1) is 0 Å². The maximum absolute atomic E-state index is 10.6. The Morgan fingerprint density at radius 1 is 1.39 bits per heavy atom. The predicted molar refractivity (Wildman–Crippen MR) is 70.6 cm³/mol. The molecule has 1 saturated heterocycles. The Labute approximate surface area is 108 Å². The van der Waals surface area contributed by atoms with Crippen molar-refractivity contribution in [3.63, 3.8) is 0 Å². The minimum atomic E-state index is -0.715. The Balaban J connectivity index is 1.81. The second-order valence-electron chi connectivity index (χ2n) is 4.79. The van der Waals surface area contributed by atoms with Crippen molar-refractivity contribution in [3.8, 4) is 0 Å². The average Bonchev–Trinajstić information content (AvgIpc) is 2.38. The van der Waals surface area contributed by atoms with Gasteiger partial charge in [0, 0.05) is 32.2 Å². The summed E-state index contributed by atoms with van der Waals surface area (Å²) in [5, 5.41) is 12.2. The number of nitrogens with zero attached hydrogens (tertiary/aromatic N) is 1. The van der Waals surface area contributed by atoms with Gasteiger partial charge in [-0.1, -0.05) is 30.3 Å². The Kier molecular flexibility index (Phi) is 4.73. The summed E-state index contributed by atoms with van der Waals surface area (Å²) in [5.41, 5.74) is 1.33. The molecule has 0 aliphatic carbocycles. The summed E-state index contributed by atoms with van der Waals surface area (Å²) in [7, 11) is 0. The van der Waals surface area contributed by atoms with Gasteiger partial charge in [-0.3, -0.25) is 9.69 Å². The largest absolute Gasteiger partial charge is 0.481 e. The molecular formula is C14H20N2O2. The molecule has 0 amide bonds. The molecule has 2 rings (SSSR count). The molecular weight excluding hydrogens is 228 g/mol. The van der Waals surface area contributed by atoms with Gasteiger partial charge in [0.15, 0.2) is 0 Å². The summed E-state index contributed by atoms with van der Waals surface area (Å²) < 4.78 is 0. The van der Waals surface area contributed by atoms with Crippen LogP contribution in [-0.2, 0) is 11.2 Å². The van der Waals surface area contributed by atoms with Crippen molar-refractivity contribution in [2.45, 2.75) is 18.9 Å². The van der Waals surface area contributed by atoms with Crippen LogP contribution in [0.25, 0.3) is 0 Å². The molecule has 98 valence electrons. The van der Waals surface area contributed by atoms with Crippen molar-refractivity contribution in [2.75, 3.05) is 26.2 Å². The second kappa shape index (κ2) is 6.52. The van der Waals surface area contributed by atoms with Gasteiger partial charge in [-0.2, -0.15) is 0 Å². The van der Waals surface area contributed by atoms with E-state index in [9.17, 15) is 4.79 Å². The fraction of sp³-hybridized carbons (Fsp3) is 0.500. The number of hydrogen-bond donors (Lipinski definition) is 2. The smallest absolute Gasteiger partial charge is 0.304 e. The highest BCUT2D eigenvalue weighted by molar-refractivity contribution is 5.66. The fourth-order valence-electron chi connectivity index (χ4n) is 2.39. The summed E-state index contributed by atoms with van der Waals surface area (Å²) in [5.74, 6) is -0.715. The maximum atomic E-state index is 10.6. The quantitative estimate of drug-likeness (QED) is 0.815. The molecule has 0 saturated carbocycles. The molecule has 2 N–H and O–H groups in total. The Morgan fingerprint density at radius 2 is 2.17 bits per heavy atom. The molecule has 0 unspecified atom stereocenters. The number of carboxylic acid groups (broad SMARTS) is 1. The number of benzene rings is 1. The first-order chi connectivity index (χ1) is 8.74. The van der Waals surface area contributed by atoms with Crippen LogP contribution in [0.3, 0.4) is 0 Å². The van der Waals surface area contributed by atoms with Crippen LogP contribution < -0.4 is 5.32 Å². The molecule has 0 bridgehead atoms. The van der Waals surface area contributed by atoms with E-state index in [-0.39, 0.29) is 6.42 Å². The molecule has 1 fully saturated rings. The van der Waals surface area contributed by atoms with Crippen LogP contribution in [0.1, 0.15) is 12.0 Å². The normalized spacial score (nSPS) is 20.8. The zero-order chi connectivity index (χ0) is 12.8. The van der Waals surface area contributed by atoms with Crippen molar-refractivity contribution in [2.24, 2.45) is 0 Å². The van der Waals surface area contributed by atoms with Gasteiger partial charge in [0.25, 0.3) is 0 Å². The van der Waals surface area contributed by atoms with Crippen molar-refractivity contribution in [1.29, 1.82) is 0 Å². The van der Waals surface area contributed by atoms with Crippen LogP contribution in [0.5, 0.6) is 0 Å². The van der Waals surface area contributed by atoms with Crippen molar-refractivity contribution in [1.82, 2.24) is 10.2 Å². The van der Waals surface area contributed by atoms with Crippen molar-refractivity contribution < 1.29 is 9.90 Å². The monoisotopic (exact) mass is 248 g/mol. The maximum Gasteiger partial charge on any atom is 0.304 e. The second-order valence-corrected chi connectivity index (χ2v) is 4.79. The Morgan fingerprint density at radius 3 is 2.89 bits per heavy atom. The van der Waals surface area contributed by atoms with E-state index in [1.807, 2.05) is 6.07 Å². The zero-order valence-corrected chi connectivity index (χ0v) is 10.5. The molecule has 1 aromatic rings. The van der Waals surface area contributed by atoms with Gasteiger partial charge in [-0.25, -0.2) is 0 Å². The van der Waals surface area contributed by atoms with E-state index in [4.69, 9.17) is 5.11 Å². The molecule has 1 aromatic carbocycles. The summed E-state index contributed by atoms with van der Waals surface area (Å²) in [4.78, 5) is 12.8. The number of carbonyl (C=O) groups is 1. The first-order valence-electron chi connectivity index (χ1n) is 6.45. The lowest BCUT2D eigenvalue weighted by atomic mass is 10.0. The number of nitrogens with one attached hydrogen (secondary N) is 1. The van der Waals surface area contributed by atoms with Gasteiger partial charge in [0.2, 0.25) is 0 Å². The average molecular weight is 248 g/mol. The fourth-order valence-corrected chi connectivity index (χ4v) is 2.39. The van der Waals surface area contributed by atoms with Crippen LogP contribution in [-0.4, -0.2) is 48.2 Å². The summed E-state index contributed by atoms with van der Waals surface area (Å²) in [6.45, 7) is 3.47. The van der Waals surface area contributed by atoms with Gasteiger partial charge in [0.05, 0.1) is 6.42 Å². The lowest BCUT2D eigenvalue weighted by Crippen LogP contribution is -2.51. The van der Waals surface area contributed by atoms with Gasteiger partial charge in [-0.05, 0) is 12.0 Å². The summed E-state index contributed by atoms with van der Waals surface area (Å²) in [6.07, 6.45) is 1.24. The third-order valence-electron chi connectivity index (χ3n) is 3.31. The first-order valence-corrected chi connectivity index (χ1v) is 6.45. The van der Waals surface area contributed by atoms with Crippen LogP contribution >= 0.6 is 0 Å². The zero-order valence-electron chi connectivity index (χ0n) is 10.5. The third-order valence-corrected chi connectivity index (χ3v) is 3.31. The van der Waals surface area contributed by atoms with Crippen molar-refractivity contribution in [3.05, 3.63) is 35.9 Å². The van der Waals surface area contributed by atoms with E-state index in [1.54, 1.807) is 0 Å². The van der Waals surface area contributed by atoms with Gasteiger partial charge < -0.3 is 10.4 Å². The minimum absolute atomic E-state index is 0.234. The molecule has 1 heterocycles. The standard InChI is InChI=1S/C14H20N2O2/c17-14(18)6-8-16-9-7-15-13(11-16)10-12-4-2-1-3-5-12/h1-5,13,15H,6-11H2,(H,17,18)/t13-/m1/s1. The van der Waals surface area contributed by atoms with Gasteiger partial charge in [-0.15, -0.1) is 0 Å². The molecule has 4 heteroatoms. The molecule has 0 radical (unpaired) electrons. The first kappa shape index (κ1) is 13.1. The molecule has 1 atom stereocenters. The number of carboxylic acids is 1. The highest BCUT2D eigenvalue weighted by Gasteiger charge is 2.19. The lowest BCUT2D eigenvalue weighted by molar-refractivity contribution is -0.137. The number of rotatable bonds is 5. The van der Waals surface area contributed by atoms with Crippen LogP contribution in [0.15, 0.2) is 30.3 Å². The number of piperazine rings is 1. The van der Waals surface area contributed by atoms with E-state index in [1.165, 1.54) is 5.56 Å². The minimum Gasteiger partial charge on any atom is -0.481 e. The molecule has 1 aliphatic heterocycles. The van der Waals surface area contributed by atoms with Crippen LogP contribution in [0.4, 0.5) is 0 Å². The van der Waals surface area contributed by atoms with E-state index in [0.717, 1.165) is 26.1 Å². The molecule has 18 heavy (non-hydrogen) atoms. The predicted octanol–water partition coefficient (Wildman–Crippen LogP) is 0.978. The SMILES string of the molecule is O=C(O)CCN1CCN[C@H](Cc2ccccc2)C1. The van der Waals surface area contributed by atoms with Gasteiger partial charge in [0.1, 0.15) is 0 Å². The van der Waals surface area contributed by atoms with E-state index < -0.39 is 5.97 Å². The molecule has 1 aliphatic rings. The number of hydrogen-bond acceptors (Lipinski definition) is 3. The van der Waals surface area contributed by atoms with E-state index >= 15 is 0 Å².